The van der Waals surface area contributed by atoms with Gasteiger partial charge < -0.3 is 9.13 Å². The smallest absolute Gasteiger partial charge is 0.140 e. The van der Waals surface area contributed by atoms with Crippen LogP contribution in [0.15, 0.2) is 91.1 Å². The zero-order chi connectivity index (χ0) is 20.9. The number of hydrogen-bond acceptors (Lipinski definition) is 2. The molecule has 0 fully saturated rings. The summed E-state index contributed by atoms with van der Waals surface area (Å²) in [7, 11) is 2.07. The highest BCUT2D eigenvalue weighted by Gasteiger charge is 2.15. The van der Waals surface area contributed by atoms with Gasteiger partial charge in [-0.2, -0.15) is 0 Å². The lowest BCUT2D eigenvalue weighted by Gasteiger charge is -2.08. The Morgan fingerprint density at radius 3 is 2.35 bits per heavy atom. The first-order valence-corrected chi connectivity index (χ1v) is 11.2. The van der Waals surface area contributed by atoms with Crippen LogP contribution in [0.1, 0.15) is 4.88 Å². The molecule has 0 aliphatic carbocycles. The zero-order valence-electron chi connectivity index (χ0n) is 17.4. The van der Waals surface area contributed by atoms with Gasteiger partial charge in [-0.15, -0.1) is 11.3 Å². The van der Waals surface area contributed by atoms with Crippen LogP contribution in [0.2, 0.25) is 0 Å². The van der Waals surface area contributed by atoms with E-state index in [1.807, 2.05) is 0 Å². The molecule has 4 heteroatoms. The number of hydrogen-bond donors (Lipinski definition) is 0. The Morgan fingerprint density at radius 2 is 1.55 bits per heavy atom. The van der Waals surface area contributed by atoms with Gasteiger partial charge in [0.1, 0.15) is 5.82 Å². The van der Waals surface area contributed by atoms with Gasteiger partial charge >= 0.3 is 0 Å². The summed E-state index contributed by atoms with van der Waals surface area (Å²) in [6, 6.07) is 30.2. The summed E-state index contributed by atoms with van der Waals surface area (Å²) in [5.41, 5.74) is 5.73. The molecule has 150 valence electrons. The molecule has 0 bridgehead atoms. The van der Waals surface area contributed by atoms with E-state index in [2.05, 4.69) is 114 Å². The number of nitrogens with zero attached hydrogens (tertiary/aromatic N) is 3. The predicted octanol–water partition coefficient (Wildman–Crippen LogP) is 7.22. The van der Waals surface area contributed by atoms with E-state index in [-0.39, 0.29) is 0 Å². The number of fused-ring (bicyclic) bond motifs is 3. The van der Waals surface area contributed by atoms with E-state index in [1.165, 1.54) is 37.2 Å². The Kier molecular flexibility index (Phi) is 4.08. The van der Waals surface area contributed by atoms with Gasteiger partial charge in [0.2, 0.25) is 0 Å². The SMILES string of the molecule is Cc1ccc(-c2cn(C)c(-c3ccc4c5ccccc5n(-c5ccccc5)c4c3)n2)s1. The Morgan fingerprint density at radius 1 is 0.774 bits per heavy atom. The molecule has 0 unspecified atom stereocenters. The topological polar surface area (TPSA) is 22.8 Å². The Balaban J connectivity index is 1.59. The summed E-state index contributed by atoms with van der Waals surface area (Å²) in [6.45, 7) is 2.13. The first-order chi connectivity index (χ1) is 15.2. The molecule has 0 radical (unpaired) electrons. The van der Waals surface area contributed by atoms with Crippen LogP contribution in [0, 0.1) is 6.92 Å². The molecule has 6 rings (SSSR count). The molecule has 31 heavy (non-hydrogen) atoms. The van der Waals surface area contributed by atoms with E-state index >= 15 is 0 Å². The van der Waals surface area contributed by atoms with E-state index in [4.69, 9.17) is 4.98 Å². The van der Waals surface area contributed by atoms with Crippen molar-refractivity contribution in [3.8, 4) is 27.6 Å². The second-order valence-corrected chi connectivity index (χ2v) is 9.18. The average molecular weight is 420 g/mol. The van der Waals surface area contributed by atoms with Crippen molar-refractivity contribution >= 4 is 33.1 Å². The lowest BCUT2D eigenvalue weighted by Crippen LogP contribution is -1.95. The van der Waals surface area contributed by atoms with Crippen LogP contribution < -0.4 is 0 Å². The maximum Gasteiger partial charge on any atom is 0.140 e. The summed E-state index contributed by atoms with van der Waals surface area (Å²) in [5, 5.41) is 2.52. The molecule has 3 aromatic carbocycles. The van der Waals surface area contributed by atoms with Crippen molar-refractivity contribution in [1.29, 1.82) is 0 Å². The van der Waals surface area contributed by atoms with Crippen molar-refractivity contribution in [3.63, 3.8) is 0 Å². The predicted molar refractivity (Wildman–Crippen MR) is 131 cm³/mol. The lowest BCUT2D eigenvalue weighted by molar-refractivity contribution is 0.925. The maximum atomic E-state index is 4.99. The van der Waals surface area contributed by atoms with Crippen molar-refractivity contribution in [2.75, 3.05) is 0 Å². The van der Waals surface area contributed by atoms with Crippen LogP contribution in [0.3, 0.4) is 0 Å². The zero-order valence-corrected chi connectivity index (χ0v) is 18.2. The van der Waals surface area contributed by atoms with E-state index in [1.54, 1.807) is 11.3 Å². The van der Waals surface area contributed by atoms with E-state index in [0.717, 1.165) is 17.1 Å². The van der Waals surface area contributed by atoms with Crippen molar-refractivity contribution in [1.82, 2.24) is 14.1 Å². The van der Waals surface area contributed by atoms with Gasteiger partial charge in [-0.25, -0.2) is 4.98 Å². The summed E-state index contributed by atoms with van der Waals surface area (Å²) in [5.74, 6) is 0.979. The standard InChI is InChI=1S/C27H21N3S/c1-18-12-15-26(31-18)23-17-29(2)27(28-23)19-13-14-22-21-10-6-7-11-24(21)30(25(22)16-19)20-8-4-3-5-9-20/h3-17H,1-2H3. The van der Waals surface area contributed by atoms with Crippen molar-refractivity contribution in [3.05, 3.63) is 96.0 Å². The minimum atomic E-state index is 0.979. The molecule has 3 nitrogen and oxygen atoms in total. The van der Waals surface area contributed by atoms with E-state index in [0.29, 0.717) is 0 Å². The number of para-hydroxylation sites is 2. The molecule has 0 saturated heterocycles. The van der Waals surface area contributed by atoms with Crippen LogP contribution in [0.5, 0.6) is 0 Å². The highest BCUT2D eigenvalue weighted by atomic mass is 32.1. The van der Waals surface area contributed by atoms with Gasteiger partial charge in [0.15, 0.2) is 0 Å². The highest BCUT2D eigenvalue weighted by Crippen LogP contribution is 2.35. The third-order valence-corrected chi connectivity index (χ3v) is 6.84. The summed E-state index contributed by atoms with van der Waals surface area (Å²) >= 11 is 1.78. The molecule has 0 aliphatic heterocycles. The Labute approximate surface area is 184 Å². The maximum absolute atomic E-state index is 4.99. The van der Waals surface area contributed by atoms with E-state index in [9.17, 15) is 0 Å². The highest BCUT2D eigenvalue weighted by molar-refractivity contribution is 7.15. The average Bonchev–Trinajstić information content (AvgIpc) is 3.49. The molecule has 3 heterocycles. The summed E-state index contributed by atoms with van der Waals surface area (Å²) < 4.78 is 4.47. The fourth-order valence-corrected chi connectivity index (χ4v) is 5.21. The number of imidazole rings is 1. The van der Waals surface area contributed by atoms with Crippen molar-refractivity contribution < 1.29 is 0 Å². The van der Waals surface area contributed by atoms with Crippen molar-refractivity contribution in [2.24, 2.45) is 7.05 Å². The van der Waals surface area contributed by atoms with Crippen LogP contribution >= 0.6 is 11.3 Å². The molecule has 0 spiro atoms. The Bertz CT molecular complexity index is 1550. The molecule has 0 atom stereocenters. The molecule has 0 aliphatic rings. The fourth-order valence-electron chi connectivity index (χ4n) is 4.39. The van der Waals surface area contributed by atoms with E-state index < -0.39 is 0 Å². The number of benzene rings is 3. The third kappa shape index (κ3) is 2.91. The normalized spacial score (nSPS) is 11.5. The van der Waals surface area contributed by atoms with Gasteiger partial charge in [-0.05, 0) is 43.3 Å². The largest absolute Gasteiger partial charge is 0.333 e. The minimum Gasteiger partial charge on any atom is -0.333 e. The first kappa shape index (κ1) is 18.2. The quantitative estimate of drug-likeness (QED) is 0.297. The van der Waals surface area contributed by atoms with Gasteiger partial charge in [0.05, 0.1) is 21.6 Å². The van der Waals surface area contributed by atoms with Gasteiger partial charge in [0, 0.05) is 40.1 Å². The minimum absolute atomic E-state index is 0.979. The van der Waals surface area contributed by atoms with Gasteiger partial charge in [-0.1, -0.05) is 48.5 Å². The van der Waals surface area contributed by atoms with Crippen LogP contribution in [-0.4, -0.2) is 14.1 Å². The summed E-state index contributed by atoms with van der Waals surface area (Å²) in [4.78, 5) is 7.50. The van der Waals surface area contributed by atoms with Crippen LogP contribution in [-0.2, 0) is 7.05 Å². The summed E-state index contributed by atoms with van der Waals surface area (Å²) in [6.07, 6.45) is 2.12. The molecular weight excluding hydrogens is 398 g/mol. The number of aryl methyl sites for hydroxylation is 2. The van der Waals surface area contributed by atoms with Gasteiger partial charge in [-0.3, -0.25) is 0 Å². The van der Waals surface area contributed by atoms with Crippen LogP contribution in [0.25, 0.3) is 49.5 Å². The molecule has 3 aromatic heterocycles. The first-order valence-electron chi connectivity index (χ1n) is 10.4. The molecule has 6 aromatic rings. The lowest BCUT2D eigenvalue weighted by atomic mass is 10.1. The van der Waals surface area contributed by atoms with Crippen LogP contribution in [0.4, 0.5) is 0 Å². The second-order valence-electron chi connectivity index (χ2n) is 7.89. The third-order valence-electron chi connectivity index (χ3n) is 5.82. The number of rotatable bonds is 3. The molecule has 0 amide bonds. The molecule has 0 saturated carbocycles. The number of thiophene rings is 1. The molecular formula is C27H21N3S. The second kappa shape index (κ2) is 6.96. The Hall–Kier alpha value is -3.63. The fraction of sp³-hybridized carbons (Fsp3) is 0.0741. The number of aromatic nitrogens is 3. The van der Waals surface area contributed by atoms with Crippen molar-refractivity contribution in [2.45, 2.75) is 6.92 Å². The van der Waals surface area contributed by atoms with Gasteiger partial charge in [0.25, 0.3) is 0 Å². The molecule has 0 N–H and O–H groups in total. The monoisotopic (exact) mass is 419 g/mol.